The van der Waals surface area contributed by atoms with Gasteiger partial charge in [-0.05, 0) is 18.6 Å². The average Bonchev–Trinajstić information content (AvgIpc) is 3.01. The summed E-state index contributed by atoms with van der Waals surface area (Å²) in [5, 5.41) is 31.4. The van der Waals surface area contributed by atoms with E-state index in [1.165, 1.54) is 6.33 Å². The highest BCUT2D eigenvalue weighted by Crippen LogP contribution is 2.43. The van der Waals surface area contributed by atoms with Crippen molar-refractivity contribution in [2.45, 2.75) is 31.0 Å². The van der Waals surface area contributed by atoms with Crippen molar-refractivity contribution in [2.24, 2.45) is 0 Å². The Morgan fingerprint density at radius 1 is 1.55 bits per heavy atom. The van der Waals surface area contributed by atoms with Crippen LogP contribution in [0.4, 0.5) is 0 Å². The molecule has 0 aliphatic carbocycles. The van der Waals surface area contributed by atoms with Crippen molar-refractivity contribution in [3.05, 3.63) is 35.9 Å². The number of rotatable bonds is 3. The first kappa shape index (κ1) is 15.4. The topological polar surface area (TPSA) is 101 Å². The number of hydrogen-bond acceptors (Lipinski definition) is 6. The SMILES string of the molecule is C=C(C)C1(O)C(O)C(CO)OC1n1ccc2c(Cl)ncnc21. The molecule has 3 heterocycles. The molecule has 1 aliphatic rings. The molecular formula is C14H16ClN3O4. The van der Waals surface area contributed by atoms with Crippen molar-refractivity contribution in [2.75, 3.05) is 6.61 Å². The van der Waals surface area contributed by atoms with Crippen molar-refractivity contribution in [3.63, 3.8) is 0 Å². The minimum Gasteiger partial charge on any atom is -0.394 e. The predicted molar refractivity (Wildman–Crippen MR) is 79.3 cm³/mol. The van der Waals surface area contributed by atoms with Crippen molar-refractivity contribution in [1.82, 2.24) is 14.5 Å². The molecule has 22 heavy (non-hydrogen) atoms. The van der Waals surface area contributed by atoms with E-state index in [1.54, 1.807) is 23.8 Å². The van der Waals surface area contributed by atoms with Gasteiger partial charge in [0, 0.05) is 6.20 Å². The van der Waals surface area contributed by atoms with Gasteiger partial charge in [0.2, 0.25) is 0 Å². The Labute approximate surface area is 131 Å². The Bertz CT molecular complexity index is 734. The molecule has 0 aromatic carbocycles. The molecule has 3 N–H and O–H groups in total. The highest BCUT2D eigenvalue weighted by Gasteiger charge is 2.56. The lowest BCUT2D eigenvalue weighted by Gasteiger charge is -2.32. The quantitative estimate of drug-likeness (QED) is 0.565. The van der Waals surface area contributed by atoms with Gasteiger partial charge in [0.15, 0.2) is 11.8 Å². The summed E-state index contributed by atoms with van der Waals surface area (Å²) in [6.07, 6.45) is -0.288. The van der Waals surface area contributed by atoms with Crippen LogP contribution in [0.2, 0.25) is 5.15 Å². The second-order valence-electron chi connectivity index (χ2n) is 5.38. The number of aromatic nitrogens is 3. The monoisotopic (exact) mass is 325 g/mol. The molecule has 8 heteroatoms. The Morgan fingerprint density at radius 2 is 2.27 bits per heavy atom. The van der Waals surface area contributed by atoms with E-state index in [9.17, 15) is 15.3 Å². The van der Waals surface area contributed by atoms with Crippen LogP contribution in [0.25, 0.3) is 11.0 Å². The summed E-state index contributed by atoms with van der Waals surface area (Å²) >= 11 is 6.02. The van der Waals surface area contributed by atoms with Crippen molar-refractivity contribution in [1.29, 1.82) is 0 Å². The first-order valence-electron chi connectivity index (χ1n) is 6.71. The van der Waals surface area contributed by atoms with Gasteiger partial charge in [0.25, 0.3) is 0 Å². The molecule has 1 saturated heterocycles. The zero-order valence-corrected chi connectivity index (χ0v) is 12.6. The van der Waals surface area contributed by atoms with Crippen LogP contribution in [0.5, 0.6) is 0 Å². The van der Waals surface area contributed by atoms with Crippen molar-refractivity contribution < 1.29 is 20.1 Å². The van der Waals surface area contributed by atoms with Crippen LogP contribution in [0, 0.1) is 0 Å². The maximum atomic E-state index is 10.9. The van der Waals surface area contributed by atoms with E-state index >= 15 is 0 Å². The lowest BCUT2D eigenvalue weighted by molar-refractivity contribution is -0.0831. The Morgan fingerprint density at radius 3 is 2.91 bits per heavy atom. The van der Waals surface area contributed by atoms with Crippen LogP contribution in [0.1, 0.15) is 13.2 Å². The first-order chi connectivity index (χ1) is 10.4. The largest absolute Gasteiger partial charge is 0.394 e. The summed E-state index contributed by atoms with van der Waals surface area (Å²) in [6, 6.07) is 1.69. The number of fused-ring (bicyclic) bond motifs is 1. The maximum Gasteiger partial charge on any atom is 0.171 e. The zero-order valence-electron chi connectivity index (χ0n) is 11.8. The molecule has 0 radical (unpaired) electrons. The molecule has 3 rings (SSSR count). The number of halogens is 1. The van der Waals surface area contributed by atoms with Crippen LogP contribution >= 0.6 is 11.6 Å². The highest BCUT2D eigenvalue weighted by molar-refractivity contribution is 6.33. The molecule has 0 amide bonds. The third kappa shape index (κ3) is 1.98. The first-order valence-corrected chi connectivity index (χ1v) is 7.08. The summed E-state index contributed by atoms with van der Waals surface area (Å²) in [5.74, 6) is 0. The number of aliphatic hydroxyl groups excluding tert-OH is 2. The van der Waals surface area contributed by atoms with Crippen LogP contribution in [-0.2, 0) is 4.74 Å². The van der Waals surface area contributed by atoms with Gasteiger partial charge in [-0.25, -0.2) is 9.97 Å². The molecule has 0 saturated carbocycles. The van der Waals surface area contributed by atoms with Crippen LogP contribution in [0.3, 0.4) is 0 Å². The molecule has 2 aromatic heterocycles. The smallest absolute Gasteiger partial charge is 0.171 e. The van der Waals surface area contributed by atoms with Crippen molar-refractivity contribution in [3.8, 4) is 0 Å². The minimum atomic E-state index is -1.75. The number of hydrogen-bond donors (Lipinski definition) is 3. The van der Waals surface area contributed by atoms with E-state index in [4.69, 9.17) is 16.3 Å². The molecular weight excluding hydrogens is 310 g/mol. The molecule has 118 valence electrons. The van der Waals surface area contributed by atoms with E-state index in [2.05, 4.69) is 16.5 Å². The maximum absolute atomic E-state index is 10.9. The molecule has 1 aliphatic heterocycles. The molecule has 4 unspecified atom stereocenters. The fourth-order valence-corrected chi connectivity index (χ4v) is 2.98. The van der Waals surface area contributed by atoms with Gasteiger partial charge in [-0.3, -0.25) is 0 Å². The van der Waals surface area contributed by atoms with E-state index in [1.807, 2.05) is 0 Å². The van der Waals surface area contributed by atoms with Gasteiger partial charge >= 0.3 is 0 Å². The second-order valence-corrected chi connectivity index (χ2v) is 5.74. The van der Waals surface area contributed by atoms with Crippen LogP contribution in [-0.4, -0.2) is 54.3 Å². The highest BCUT2D eigenvalue weighted by atomic mass is 35.5. The lowest BCUT2D eigenvalue weighted by Crippen LogP contribution is -2.47. The summed E-state index contributed by atoms with van der Waals surface area (Å²) in [4.78, 5) is 8.05. The zero-order chi connectivity index (χ0) is 16.1. The minimum absolute atomic E-state index is 0.278. The number of ether oxygens (including phenoxy) is 1. The molecule has 1 fully saturated rings. The van der Waals surface area contributed by atoms with Gasteiger partial charge in [0.1, 0.15) is 29.3 Å². The van der Waals surface area contributed by atoms with Crippen molar-refractivity contribution >= 4 is 22.6 Å². The normalized spacial score (nSPS) is 31.8. The van der Waals surface area contributed by atoms with Gasteiger partial charge in [-0.2, -0.15) is 0 Å². The Hall–Kier alpha value is -1.51. The average molecular weight is 326 g/mol. The third-order valence-corrected chi connectivity index (χ3v) is 4.36. The molecule has 2 aromatic rings. The van der Waals surface area contributed by atoms with E-state index in [0.717, 1.165) is 0 Å². The van der Waals surface area contributed by atoms with Gasteiger partial charge in [-0.15, -0.1) is 0 Å². The molecule has 0 spiro atoms. The molecule has 0 bridgehead atoms. The second kappa shape index (κ2) is 5.29. The molecule has 4 atom stereocenters. The third-order valence-electron chi connectivity index (χ3n) is 4.06. The Kier molecular flexibility index (Phi) is 3.70. The van der Waals surface area contributed by atoms with E-state index < -0.39 is 30.6 Å². The van der Waals surface area contributed by atoms with Crippen LogP contribution in [0.15, 0.2) is 30.7 Å². The Balaban J connectivity index is 2.16. The van der Waals surface area contributed by atoms with Gasteiger partial charge in [0.05, 0.1) is 12.0 Å². The lowest BCUT2D eigenvalue weighted by atomic mass is 9.87. The predicted octanol–water partition coefficient (Wildman–Crippen LogP) is 0.642. The summed E-state index contributed by atoms with van der Waals surface area (Å²) < 4.78 is 7.19. The van der Waals surface area contributed by atoms with E-state index in [-0.39, 0.29) is 5.15 Å². The number of aliphatic hydroxyl groups is 3. The summed E-state index contributed by atoms with van der Waals surface area (Å²) in [7, 11) is 0. The summed E-state index contributed by atoms with van der Waals surface area (Å²) in [5.41, 5.74) is -0.977. The van der Waals surface area contributed by atoms with Gasteiger partial charge < -0.3 is 24.6 Å². The standard InChI is InChI=1S/C14H16ClN3O4/c1-7(2)14(21)10(20)9(5-19)22-13(14)18-4-3-8-11(15)16-6-17-12(8)18/h3-4,6,9-10,13,19-21H,1,5H2,2H3. The molecule has 7 nitrogen and oxygen atoms in total. The number of nitrogens with zero attached hydrogens (tertiary/aromatic N) is 3. The fourth-order valence-electron chi connectivity index (χ4n) is 2.79. The fraction of sp³-hybridized carbons (Fsp3) is 0.429. The van der Waals surface area contributed by atoms with Gasteiger partial charge in [-0.1, -0.05) is 18.2 Å². The summed E-state index contributed by atoms with van der Waals surface area (Å²) in [6.45, 7) is 4.90. The van der Waals surface area contributed by atoms with E-state index in [0.29, 0.717) is 16.6 Å². The van der Waals surface area contributed by atoms with Crippen LogP contribution < -0.4 is 0 Å².